The molecular formula is C20H36O2. The third kappa shape index (κ3) is 7.15. The Morgan fingerprint density at radius 1 is 0.818 bits per heavy atom. The van der Waals surface area contributed by atoms with Gasteiger partial charge in [-0.2, -0.15) is 0 Å². The third-order valence-corrected chi connectivity index (χ3v) is 5.89. The maximum atomic E-state index is 10.4. The molecule has 0 aliphatic heterocycles. The van der Waals surface area contributed by atoms with Gasteiger partial charge in [0.05, 0.1) is 0 Å². The first-order chi connectivity index (χ1) is 10.7. The van der Waals surface area contributed by atoms with Crippen LogP contribution in [0.1, 0.15) is 96.8 Å². The molecule has 0 spiro atoms. The summed E-state index contributed by atoms with van der Waals surface area (Å²) in [4.78, 5) is 10.4. The first-order valence-corrected chi connectivity index (χ1v) is 9.92. The molecule has 2 saturated carbocycles. The molecule has 0 amide bonds. The summed E-state index contributed by atoms with van der Waals surface area (Å²) >= 11 is 0. The molecule has 2 fully saturated rings. The molecule has 0 aromatic rings. The highest BCUT2D eigenvalue weighted by atomic mass is 16.4. The highest BCUT2D eigenvalue weighted by Crippen LogP contribution is 2.54. The van der Waals surface area contributed by atoms with Crippen LogP contribution in [0.4, 0.5) is 0 Å². The van der Waals surface area contributed by atoms with Gasteiger partial charge < -0.3 is 5.11 Å². The number of aliphatic carboxylic acids is 1. The van der Waals surface area contributed by atoms with Gasteiger partial charge in [-0.15, -0.1) is 0 Å². The first-order valence-electron chi connectivity index (χ1n) is 9.92. The standard InChI is InChI=1S/C20H36O2/c1-2-3-7-10-16-13-18(16)15-19-14-17(19)11-8-5-4-6-9-12-20(21)22/h16-19H,2-15H2,1H3,(H,21,22)/t16?,17?,18-,19?/m1/s1. The molecule has 2 rings (SSSR count). The van der Waals surface area contributed by atoms with Gasteiger partial charge in [-0.25, -0.2) is 0 Å². The van der Waals surface area contributed by atoms with E-state index in [2.05, 4.69) is 6.92 Å². The van der Waals surface area contributed by atoms with Crippen LogP contribution in [0.3, 0.4) is 0 Å². The Labute approximate surface area is 137 Å². The molecule has 2 nitrogen and oxygen atoms in total. The van der Waals surface area contributed by atoms with Gasteiger partial charge in [0.15, 0.2) is 0 Å². The number of unbranched alkanes of at least 4 members (excludes halogenated alkanes) is 6. The number of hydrogen-bond donors (Lipinski definition) is 1. The van der Waals surface area contributed by atoms with Crippen LogP contribution in [0.15, 0.2) is 0 Å². The predicted octanol–water partition coefficient (Wildman–Crippen LogP) is 6.04. The maximum absolute atomic E-state index is 10.4. The van der Waals surface area contributed by atoms with Gasteiger partial charge >= 0.3 is 5.97 Å². The molecule has 4 atom stereocenters. The summed E-state index contributed by atoms with van der Waals surface area (Å²) in [6.45, 7) is 2.30. The number of hydrogen-bond acceptors (Lipinski definition) is 1. The molecule has 2 aliphatic rings. The van der Waals surface area contributed by atoms with Crippen LogP contribution in [0.5, 0.6) is 0 Å². The molecule has 128 valence electrons. The highest BCUT2D eigenvalue weighted by Gasteiger charge is 2.44. The SMILES string of the molecule is CCCCCC1C[C@@H]1CC1CC1CCCCCCCC(=O)O. The Morgan fingerprint density at radius 2 is 1.36 bits per heavy atom. The zero-order chi connectivity index (χ0) is 15.8. The van der Waals surface area contributed by atoms with Gasteiger partial charge in [-0.3, -0.25) is 4.79 Å². The largest absolute Gasteiger partial charge is 0.481 e. The third-order valence-electron chi connectivity index (χ3n) is 5.89. The molecule has 0 aromatic carbocycles. The molecule has 22 heavy (non-hydrogen) atoms. The zero-order valence-corrected chi connectivity index (χ0v) is 14.6. The molecule has 0 saturated heterocycles. The normalized spacial score (nSPS) is 29.5. The molecule has 0 aromatic heterocycles. The van der Waals surface area contributed by atoms with E-state index in [1.807, 2.05) is 0 Å². The van der Waals surface area contributed by atoms with Crippen LogP contribution in [-0.4, -0.2) is 11.1 Å². The second-order valence-electron chi connectivity index (χ2n) is 7.94. The van der Waals surface area contributed by atoms with Crippen LogP contribution < -0.4 is 0 Å². The number of rotatable bonds is 14. The highest BCUT2D eigenvalue weighted by molar-refractivity contribution is 5.66. The fraction of sp³-hybridized carbons (Fsp3) is 0.950. The molecule has 0 radical (unpaired) electrons. The van der Waals surface area contributed by atoms with Crippen molar-refractivity contribution in [3.8, 4) is 0 Å². The van der Waals surface area contributed by atoms with Crippen LogP contribution in [0, 0.1) is 23.7 Å². The van der Waals surface area contributed by atoms with E-state index in [1.54, 1.807) is 6.42 Å². The molecule has 2 aliphatic carbocycles. The van der Waals surface area contributed by atoms with Crippen molar-refractivity contribution in [2.75, 3.05) is 0 Å². The second-order valence-corrected chi connectivity index (χ2v) is 7.94. The van der Waals surface area contributed by atoms with Gasteiger partial charge in [0.25, 0.3) is 0 Å². The Morgan fingerprint density at radius 3 is 1.95 bits per heavy atom. The lowest BCUT2D eigenvalue weighted by atomic mass is 10.0. The van der Waals surface area contributed by atoms with E-state index < -0.39 is 5.97 Å². The minimum absolute atomic E-state index is 0.353. The molecule has 2 heteroatoms. The predicted molar refractivity (Wildman–Crippen MR) is 91.9 cm³/mol. The maximum Gasteiger partial charge on any atom is 0.303 e. The fourth-order valence-corrected chi connectivity index (χ4v) is 4.16. The monoisotopic (exact) mass is 308 g/mol. The number of carboxylic acids is 1. The van der Waals surface area contributed by atoms with Crippen molar-refractivity contribution in [2.45, 2.75) is 96.8 Å². The molecule has 1 N–H and O–H groups in total. The molecule has 0 heterocycles. The van der Waals surface area contributed by atoms with Crippen LogP contribution in [-0.2, 0) is 4.79 Å². The minimum Gasteiger partial charge on any atom is -0.481 e. The van der Waals surface area contributed by atoms with Crippen molar-refractivity contribution in [1.29, 1.82) is 0 Å². The van der Waals surface area contributed by atoms with Crippen LogP contribution >= 0.6 is 0 Å². The molecule has 0 bridgehead atoms. The zero-order valence-electron chi connectivity index (χ0n) is 14.6. The van der Waals surface area contributed by atoms with Crippen molar-refractivity contribution in [1.82, 2.24) is 0 Å². The number of carboxylic acid groups (broad SMARTS) is 1. The van der Waals surface area contributed by atoms with E-state index in [0.29, 0.717) is 6.42 Å². The van der Waals surface area contributed by atoms with E-state index in [9.17, 15) is 4.79 Å². The number of carbonyl (C=O) groups is 1. The summed E-state index contributed by atoms with van der Waals surface area (Å²) in [5.74, 6) is 3.68. The summed E-state index contributed by atoms with van der Waals surface area (Å²) in [5.41, 5.74) is 0. The van der Waals surface area contributed by atoms with Gasteiger partial charge in [0.2, 0.25) is 0 Å². The summed E-state index contributed by atoms with van der Waals surface area (Å²) in [7, 11) is 0. The van der Waals surface area contributed by atoms with E-state index in [4.69, 9.17) is 5.11 Å². The lowest BCUT2D eigenvalue weighted by Gasteiger charge is -2.02. The summed E-state index contributed by atoms with van der Waals surface area (Å²) in [6, 6.07) is 0. The average Bonchev–Trinajstić information content (AvgIpc) is 3.38. The van der Waals surface area contributed by atoms with Crippen LogP contribution in [0.25, 0.3) is 0 Å². The van der Waals surface area contributed by atoms with E-state index in [-0.39, 0.29) is 0 Å². The van der Waals surface area contributed by atoms with E-state index >= 15 is 0 Å². The Bertz CT molecular complexity index is 326. The second kappa shape index (κ2) is 9.57. The first kappa shape index (κ1) is 17.8. The van der Waals surface area contributed by atoms with Crippen LogP contribution in [0.2, 0.25) is 0 Å². The van der Waals surface area contributed by atoms with Crippen molar-refractivity contribution in [3.05, 3.63) is 0 Å². The summed E-state index contributed by atoms with van der Waals surface area (Å²) in [5, 5.41) is 8.58. The minimum atomic E-state index is -0.645. The van der Waals surface area contributed by atoms with Gasteiger partial charge in [-0.1, -0.05) is 64.7 Å². The van der Waals surface area contributed by atoms with E-state index in [0.717, 1.165) is 36.5 Å². The topological polar surface area (TPSA) is 37.3 Å². The van der Waals surface area contributed by atoms with Crippen molar-refractivity contribution in [3.63, 3.8) is 0 Å². The Kier molecular flexibility index (Phi) is 7.75. The Hall–Kier alpha value is -0.530. The summed E-state index contributed by atoms with van der Waals surface area (Å²) < 4.78 is 0. The van der Waals surface area contributed by atoms with Crippen molar-refractivity contribution >= 4 is 5.97 Å². The van der Waals surface area contributed by atoms with Gasteiger partial charge in [-0.05, 0) is 49.4 Å². The average molecular weight is 309 g/mol. The lowest BCUT2D eigenvalue weighted by molar-refractivity contribution is -0.137. The molecular weight excluding hydrogens is 272 g/mol. The van der Waals surface area contributed by atoms with Crippen molar-refractivity contribution in [2.24, 2.45) is 23.7 Å². The van der Waals surface area contributed by atoms with Gasteiger partial charge in [0.1, 0.15) is 0 Å². The fourth-order valence-electron chi connectivity index (χ4n) is 4.16. The lowest BCUT2D eigenvalue weighted by Crippen LogP contribution is -1.93. The van der Waals surface area contributed by atoms with Crippen molar-refractivity contribution < 1.29 is 9.90 Å². The quantitative estimate of drug-likeness (QED) is 0.397. The van der Waals surface area contributed by atoms with Gasteiger partial charge in [0, 0.05) is 6.42 Å². The smallest absolute Gasteiger partial charge is 0.303 e. The molecule has 3 unspecified atom stereocenters. The Balaban J connectivity index is 1.36. The van der Waals surface area contributed by atoms with E-state index in [1.165, 1.54) is 64.2 Å². The summed E-state index contributed by atoms with van der Waals surface area (Å²) in [6.07, 6.45) is 18.0.